The van der Waals surface area contributed by atoms with Gasteiger partial charge in [0.15, 0.2) is 0 Å². The molecular weight excluding hydrogens is 224 g/mol. The molecule has 0 spiro atoms. The average Bonchev–Trinajstić information content (AvgIpc) is 2.27. The second-order valence-corrected chi connectivity index (χ2v) is 5.99. The monoisotopic (exact) mass is 246 g/mol. The summed E-state index contributed by atoms with van der Waals surface area (Å²) in [5.41, 5.74) is 2.29. The first-order valence-electron chi connectivity index (χ1n) is 6.15. The molecule has 0 unspecified atom stereocenters. The lowest BCUT2D eigenvalue weighted by molar-refractivity contribution is 0.107. The zero-order valence-electron chi connectivity index (χ0n) is 11.3. The summed E-state index contributed by atoms with van der Waals surface area (Å²) in [6.45, 7) is 12.6. The molecule has 0 amide bonds. The van der Waals surface area contributed by atoms with Crippen molar-refractivity contribution in [2.24, 2.45) is 0 Å². The summed E-state index contributed by atoms with van der Waals surface area (Å²) >= 11 is 0. The molecule has 0 heterocycles. The molecular formula is C15H22OSi. The predicted molar refractivity (Wildman–Crippen MR) is 76.6 cm³/mol. The predicted octanol–water partition coefficient (Wildman–Crippen LogP) is 3.56. The van der Waals surface area contributed by atoms with Crippen molar-refractivity contribution in [3.05, 3.63) is 36.4 Å². The van der Waals surface area contributed by atoms with E-state index in [0.29, 0.717) is 9.76 Å². The van der Waals surface area contributed by atoms with Gasteiger partial charge in [0.05, 0.1) is 5.60 Å². The Morgan fingerprint density at radius 2 is 2.00 bits per heavy atom. The highest BCUT2D eigenvalue weighted by Gasteiger charge is 2.18. The Morgan fingerprint density at radius 3 is 2.59 bits per heavy atom. The summed E-state index contributed by atoms with van der Waals surface area (Å²) in [4.78, 5) is 0. The van der Waals surface area contributed by atoms with Gasteiger partial charge >= 0.3 is 0 Å². The quantitative estimate of drug-likeness (QED) is 0.697. The summed E-state index contributed by atoms with van der Waals surface area (Å²) in [5, 5.41) is 1.25. The van der Waals surface area contributed by atoms with Crippen LogP contribution in [0.3, 0.4) is 0 Å². The Labute approximate surface area is 108 Å². The van der Waals surface area contributed by atoms with Gasteiger partial charge in [0.25, 0.3) is 9.76 Å². The van der Waals surface area contributed by atoms with E-state index in [2.05, 4.69) is 51.6 Å². The molecule has 0 aliphatic carbocycles. The zero-order valence-corrected chi connectivity index (χ0v) is 12.3. The number of rotatable bonds is 6. The van der Waals surface area contributed by atoms with Crippen molar-refractivity contribution in [2.45, 2.75) is 46.1 Å². The van der Waals surface area contributed by atoms with Crippen molar-refractivity contribution in [3.63, 3.8) is 0 Å². The summed E-state index contributed by atoms with van der Waals surface area (Å²) < 4.78 is 6.03. The van der Waals surface area contributed by atoms with Crippen LogP contribution in [0.2, 0.25) is 0 Å². The summed E-state index contributed by atoms with van der Waals surface area (Å²) in [6.07, 6.45) is 2.24. The smallest absolute Gasteiger partial charge is 0.270 e. The highest BCUT2D eigenvalue weighted by Crippen LogP contribution is 2.16. The maximum Gasteiger partial charge on any atom is 0.270 e. The SMILES string of the molecule is C=C(C)c1ccccc1[Si]OC(C)(C)CCC. The topological polar surface area (TPSA) is 9.23 Å². The molecule has 0 aromatic heterocycles. The van der Waals surface area contributed by atoms with Crippen LogP contribution in [0.4, 0.5) is 0 Å². The highest BCUT2D eigenvalue weighted by molar-refractivity contribution is 6.48. The normalized spacial score (nSPS) is 11.5. The first-order valence-corrected chi connectivity index (χ1v) is 7.06. The second-order valence-electron chi connectivity index (χ2n) is 5.04. The molecule has 2 radical (unpaired) electrons. The van der Waals surface area contributed by atoms with E-state index >= 15 is 0 Å². The van der Waals surface area contributed by atoms with Gasteiger partial charge in [-0.15, -0.1) is 0 Å². The van der Waals surface area contributed by atoms with E-state index in [9.17, 15) is 0 Å². The van der Waals surface area contributed by atoms with Crippen molar-refractivity contribution in [2.75, 3.05) is 0 Å². The van der Waals surface area contributed by atoms with Gasteiger partial charge in [-0.1, -0.05) is 49.8 Å². The number of allylic oxidation sites excluding steroid dienone is 1. The molecule has 0 saturated carbocycles. The summed E-state index contributed by atoms with van der Waals surface area (Å²) in [6, 6.07) is 8.35. The second kappa shape index (κ2) is 6.17. The highest BCUT2D eigenvalue weighted by atomic mass is 28.2. The lowest BCUT2D eigenvalue weighted by Gasteiger charge is -2.25. The molecule has 0 aliphatic rings. The number of hydrogen-bond donors (Lipinski definition) is 0. The van der Waals surface area contributed by atoms with Crippen molar-refractivity contribution < 1.29 is 4.43 Å². The third kappa shape index (κ3) is 4.48. The largest absolute Gasteiger partial charge is 0.406 e. The molecule has 0 bridgehead atoms. The fraction of sp³-hybridized carbons (Fsp3) is 0.467. The van der Waals surface area contributed by atoms with Crippen molar-refractivity contribution in [3.8, 4) is 0 Å². The van der Waals surface area contributed by atoms with E-state index in [1.54, 1.807) is 0 Å². The maximum atomic E-state index is 6.03. The minimum Gasteiger partial charge on any atom is -0.406 e. The molecule has 1 nitrogen and oxygen atoms in total. The van der Waals surface area contributed by atoms with E-state index in [1.165, 1.54) is 10.8 Å². The Balaban J connectivity index is 2.72. The summed E-state index contributed by atoms with van der Waals surface area (Å²) in [7, 11) is 0.396. The van der Waals surface area contributed by atoms with Gasteiger partial charge in [0.1, 0.15) is 0 Å². The van der Waals surface area contributed by atoms with Gasteiger partial charge in [-0.3, -0.25) is 0 Å². The maximum absolute atomic E-state index is 6.03. The lowest BCUT2D eigenvalue weighted by atomic mass is 10.0. The first-order chi connectivity index (χ1) is 7.96. The fourth-order valence-electron chi connectivity index (χ4n) is 1.79. The zero-order chi connectivity index (χ0) is 12.9. The van der Waals surface area contributed by atoms with E-state index in [0.717, 1.165) is 18.4 Å². The van der Waals surface area contributed by atoms with Crippen LogP contribution >= 0.6 is 0 Å². The van der Waals surface area contributed by atoms with E-state index < -0.39 is 0 Å². The standard InChI is InChI=1S/C15H22OSi/c1-6-11-15(4,5)16-17-14-10-8-7-9-13(14)12(2)3/h7-10H,2,6,11H2,1,3-5H3. The number of benzene rings is 1. The van der Waals surface area contributed by atoms with Gasteiger partial charge in [0.2, 0.25) is 0 Å². The van der Waals surface area contributed by atoms with Crippen LogP contribution < -0.4 is 5.19 Å². The molecule has 1 aromatic carbocycles. The summed E-state index contributed by atoms with van der Waals surface area (Å²) in [5.74, 6) is 0. The lowest BCUT2D eigenvalue weighted by Crippen LogP contribution is -2.32. The molecule has 0 aliphatic heterocycles. The van der Waals surface area contributed by atoms with Gasteiger partial charge in [-0.2, -0.15) is 0 Å². The van der Waals surface area contributed by atoms with Crippen LogP contribution in [0.1, 0.15) is 46.1 Å². The van der Waals surface area contributed by atoms with Crippen molar-refractivity contribution in [1.29, 1.82) is 0 Å². The van der Waals surface area contributed by atoms with Gasteiger partial charge < -0.3 is 4.43 Å². The van der Waals surface area contributed by atoms with Gasteiger partial charge in [-0.25, -0.2) is 0 Å². The molecule has 1 aromatic rings. The van der Waals surface area contributed by atoms with Crippen LogP contribution in [-0.2, 0) is 4.43 Å². The van der Waals surface area contributed by atoms with Crippen LogP contribution in [0.25, 0.3) is 5.57 Å². The van der Waals surface area contributed by atoms with Crippen LogP contribution in [0, 0.1) is 0 Å². The molecule has 0 N–H and O–H groups in total. The van der Waals surface area contributed by atoms with Crippen LogP contribution in [-0.4, -0.2) is 15.4 Å². The Morgan fingerprint density at radius 1 is 1.35 bits per heavy atom. The van der Waals surface area contributed by atoms with Gasteiger partial charge in [-0.05, 0) is 37.9 Å². The molecule has 0 atom stereocenters. The van der Waals surface area contributed by atoms with E-state index in [4.69, 9.17) is 4.43 Å². The third-order valence-electron chi connectivity index (χ3n) is 2.68. The Hall–Kier alpha value is -0.863. The molecule has 2 heteroatoms. The average molecular weight is 246 g/mol. The Kier molecular flexibility index (Phi) is 5.16. The third-order valence-corrected chi connectivity index (χ3v) is 3.99. The number of hydrogen-bond acceptors (Lipinski definition) is 1. The van der Waals surface area contributed by atoms with Crippen LogP contribution in [0.5, 0.6) is 0 Å². The fourth-order valence-corrected chi connectivity index (χ4v) is 2.85. The molecule has 92 valence electrons. The Bertz CT molecular complexity index is 382. The van der Waals surface area contributed by atoms with E-state index in [-0.39, 0.29) is 5.60 Å². The van der Waals surface area contributed by atoms with Crippen molar-refractivity contribution >= 4 is 20.5 Å². The molecule has 1 rings (SSSR count). The molecule has 0 saturated heterocycles. The molecule has 17 heavy (non-hydrogen) atoms. The minimum absolute atomic E-state index is 0.0324. The molecule has 0 fully saturated rings. The van der Waals surface area contributed by atoms with Crippen molar-refractivity contribution in [1.82, 2.24) is 0 Å². The van der Waals surface area contributed by atoms with E-state index in [1.807, 2.05) is 6.92 Å². The first kappa shape index (κ1) is 14.2. The van der Waals surface area contributed by atoms with Gasteiger partial charge in [0, 0.05) is 0 Å². The minimum atomic E-state index is -0.0324. The van der Waals surface area contributed by atoms with Crippen LogP contribution in [0.15, 0.2) is 30.8 Å².